The predicted molar refractivity (Wildman–Crippen MR) is 157 cm³/mol. The van der Waals surface area contributed by atoms with Gasteiger partial charge in [-0.05, 0) is 67.3 Å². The molecular weight excluding hydrogens is 557 g/mol. The molecule has 1 atom stereocenters. The van der Waals surface area contributed by atoms with Crippen LogP contribution in [-0.4, -0.2) is 44.3 Å². The molecule has 0 heterocycles. The molecule has 0 unspecified atom stereocenters. The molecular formula is C29H33Cl2N3O4S. The highest BCUT2D eigenvalue weighted by molar-refractivity contribution is 7.92. The van der Waals surface area contributed by atoms with Crippen molar-refractivity contribution in [1.29, 1.82) is 0 Å². The summed E-state index contributed by atoms with van der Waals surface area (Å²) in [5.74, 6) is -0.845. The second-order valence-corrected chi connectivity index (χ2v) is 11.8. The molecule has 0 aliphatic rings. The van der Waals surface area contributed by atoms with Gasteiger partial charge in [0.25, 0.3) is 10.0 Å². The number of carbonyl (C=O) groups excluding carboxylic acids is 2. The molecule has 3 rings (SSSR count). The summed E-state index contributed by atoms with van der Waals surface area (Å²) < 4.78 is 28.8. The number of hydrogen-bond acceptors (Lipinski definition) is 4. The van der Waals surface area contributed by atoms with Crippen molar-refractivity contribution in [3.63, 3.8) is 0 Å². The number of aryl methyl sites for hydroxylation is 1. The SMILES string of the molecule is CCCNC(=O)[C@@H](CC)N(Cc1ccccc1Cl)C(=O)CN(c1ccc(Cl)cc1C)S(=O)(=O)c1ccccc1. The monoisotopic (exact) mass is 589 g/mol. The lowest BCUT2D eigenvalue weighted by Crippen LogP contribution is -2.52. The number of carbonyl (C=O) groups is 2. The smallest absolute Gasteiger partial charge is 0.264 e. The average molecular weight is 591 g/mol. The summed E-state index contributed by atoms with van der Waals surface area (Å²) in [7, 11) is -4.15. The van der Waals surface area contributed by atoms with Gasteiger partial charge >= 0.3 is 0 Å². The maximum atomic E-state index is 14.0. The second-order valence-electron chi connectivity index (χ2n) is 9.08. The summed E-state index contributed by atoms with van der Waals surface area (Å²) >= 11 is 12.6. The Balaban J connectivity index is 2.08. The van der Waals surface area contributed by atoms with Crippen molar-refractivity contribution in [2.75, 3.05) is 17.4 Å². The van der Waals surface area contributed by atoms with E-state index in [9.17, 15) is 18.0 Å². The Morgan fingerprint density at radius 3 is 2.23 bits per heavy atom. The average Bonchev–Trinajstić information content (AvgIpc) is 2.92. The van der Waals surface area contributed by atoms with E-state index in [1.807, 2.05) is 13.8 Å². The molecule has 0 saturated heterocycles. The van der Waals surface area contributed by atoms with E-state index in [0.29, 0.717) is 39.8 Å². The van der Waals surface area contributed by atoms with E-state index in [4.69, 9.17) is 23.2 Å². The molecule has 1 N–H and O–H groups in total. The normalized spacial score (nSPS) is 12.0. The largest absolute Gasteiger partial charge is 0.354 e. The molecule has 39 heavy (non-hydrogen) atoms. The Morgan fingerprint density at radius 1 is 0.949 bits per heavy atom. The number of nitrogens with zero attached hydrogens (tertiary/aromatic N) is 2. The summed E-state index contributed by atoms with van der Waals surface area (Å²) in [6.45, 7) is 5.45. The molecule has 0 aliphatic heterocycles. The third kappa shape index (κ3) is 7.53. The van der Waals surface area contributed by atoms with Crippen LogP contribution in [0.3, 0.4) is 0 Å². The van der Waals surface area contributed by atoms with E-state index >= 15 is 0 Å². The Bertz CT molecular complexity index is 1400. The molecule has 3 aromatic carbocycles. The highest BCUT2D eigenvalue weighted by atomic mass is 35.5. The van der Waals surface area contributed by atoms with Gasteiger partial charge in [0.1, 0.15) is 12.6 Å². The third-order valence-corrected chi connectivity index (χ3v) is 8.65. The van der Waals surface area contributed by atoms with Gasteiger partial charge < -0.3 is 10.2 Å². The minimum absolute atomic E-state index is 0.0371. The van der Waals surface area contributed by atoms with Crippen molar-refractivity contribution in [3.8, 4) is 0 Å². The topological polar surface area (TPSA) is 86.8 Å². The number of hydrogen-bond donors (Lipinski definition) is 1. The quantitative estimate of drug-likeness (QED) is 0.288. The summed E-state index contributed by atoms with van der Waals surface area (Å²) in [5.41, 5.74) is 1.55. The minimum Gasteiger partial charge on any atom is -0.354 e. The Kier molecular flexibility index (Phi) is 10.8. The van der Waals surface area contributed by atoms with E-state index in [1.165, 1.54) is 17.0 Å². The first-order valence-corrected chi connectivity index (χ1v) is 14.9. The Morgan fingerprint density at radius 2 is 1.62 bits per heavy atom. The van der Waals surface area contributed by atoms with Crippen LogP contribution in [0.15, 0.2) is 77.7 Å². The van der Waals surface area contributed by atoms with Crippen molar-refractivity contribution >= 4 is 50.7 Å². The molecule has 208 valence electrons. The van der Waals surface area contributed by atoms with E-state index in [-0.39, 0.29) is 17.3 Å². The summed E-state index contributed by atoms with van der Waals surface area (Å²) in [6.07, 6.45) is 1.07. The van der Waals surface area contributed by atoms with Crippen molar-refractivity contribution in [2.45, 2.75) is 51.1 Å². The molecule has 0 saturated carbocycles. The van der Waals surface area contributed by atoms with Crippen LogP contribution in [-0.2, 0) is 26.2 Å². The van der Waals surface area contributed by atoms with E-state index in [0.717, 1.165) is 10.7 Å². The van der Waals surface area contributed by atoms with Gasteiger partial charge in [0, 0.05) is 23.1 Å². The zero-order valence-corrected chi connectivity index (χ0v) is 24.6. The minimum atomic E-state index is -4.15. The summed E-state index contributed by atoms with van der Waals surface area (Å²) in [6, 6.07) is 19.0. The first-order chi connectivity index (χ1) is 18.6. The lowest BCUT2D eigenvalue weighted by molar-refractivity contribution is -0.140. The standard InChI is InChI=1S/C29H33Cl2N3O4S/c1-4-17-32-29(36)26(5-2)33(19-22-11-9-10-14-25(22)31)28(35)20-34(27-16-15-23(30)18-21(27)3)39(37,38)24-12-7-6-8-13-24/h6-16,18,26H,4-5,17,19-20H2,1-3H3,(H,32,36)/t26-/m1/s1. The third-order valence-electron chi connectivity index (χ3n) is 6.27. The van der Waals surface area contributed by atoms with Gasteiger partial charge in [-0.3, -0.25) is 13.9 Å². The van der Waals surface area contributed by atoms with Crippen molar-refractivity contribution in [1.82, 2.24) is 10.2 Å². The van der Waals surface area contributed by atoms with Gasteiger partial charge in [0.05, 0.1) is 10.6 Å². The molecule has 0 aromatic heterocycles. The Labute approximate surface area is 240 Å². The summed E-state index contributed by atoms with van der Waals surface area (Å²) in [5, 5.41) is 3.75. The fourth-order valence-corrected chi connectivity index (χ4v) is 6.15. The van der Waals surface area contributed by atoms with E-state index in [1.54, 1.807) is 67.6 Å². The van der Waals surface area contributed by atoms with Gasteiger partial charge in [-0.15, -0.1) is 0 Å². The predicted octanol–water partition coefficient (Wildman–Crippen LogP) is 5.83. The maximum absolute atomic E-state index is 14.0. The van der Waals surface area contributed by atoms with Crippen LogP contribution in [0.5, 0.6) is 0 Å². The highest BCUT2D eigenvalue weighted by Crippen LogP contribution is 2.30. The molecule has 0 spiro atoms. The number of sulfonamides is 1. The number of amides is 2. The molecule has 10 heteroatoms. The van der Waals surface area contributed by atoms with Crippen LogP contribution in [0.4, 0.5) is 5.69 Å². The van der Waals surface area contributed by atoms with Crippen LogP contribution in [0, 0.1) is 6.92 Å². The van der Waals surface area contributed by atoms with Crippen LogP contribution < -0.4 is 9.62 Å². The van der Waals surface area contributed by atoms with Crippen LogP contribution in [0.2, 0.25) is 10.0 Å². The van der Waals surface area contributed by atoms with Crippen molar-refractivity contribution in [3.05, 3.63) is 94.0 Å². The maximum Gasteiger partial charge on any atom is 0.264 e. The van der Waals surface area contributed by atoms with Gasteiger partial charge in [-0.1, -0.05) is 73.4 Å². The fourth-order valence-electron chi connectivity index (χ4n) is 4.23. The van der Waals surface area contributed by atoms with Gasteiger partial charge in [-0.2, -0.15) is 0 Å². The lowest BCUT2D eigenvalue weighted by atomic mass is 10.1. The van der Waals surface area contributed by atoms with Gasteiger partial charge in [-0.25, -0.2) is 8.42 Å². The van der Waals surface area contributed by atoms with Crippen LogP contribution in [0.1, 0.15) is 37.8 Å². The van der Waals surface area contributed by atoms with Crippen molar-refractivity contribution in [2.24, 2.45) is 0 Å². The fraction of sp³-hybridized carbons (Fsp3) is 0.310. The molecule has 0 fully saturated rings. The van der Waals surface area contributed by atoms with Crippen LogP contribution >= 0.6 is 23.2 Å². The zero-order valence-electron chi connectivity index (χ0n) is 22.2. The first kappa shape index (κ1) is 30.5. The van der Waals surface area contributed by atoms with Crippen LogP contribution in [0.25, 0.3) is 0 Å². The van der Waals surface area contributed by atoms with Gasteiger partial charge in [0.2, 0.25) is 11.8 Å². The molecule has 0 aliphatic carbocycles. The van der Waals surface area contributed by atoms with E-state index in [2.05, 4.69) is 5.32 Å². The molecule has 3 aromatic rings. The number of nitrogens with one attached hydrogen (secondary N) is 1. The van der Waals surface area contributed by atoms with E-state index < -0.39 is 28.5 Å². The number of rotatable bonds is 12. The molecule has 7 nitrogen and oxygen atoms in total. The Hall–Kier alpha value is -3.07. The number of anilines is 1. The molecule has 0 radical (unpaired) electrons. The second kappa shape index (κ2) is 13.8. The number of halogens is 2. The molecule has 0 bridgehead atoms. The zero-order chi connectivity index (χ0) is 28.6. The number of benzene rings is 3. The summed E-state index contributed by atoms with van der Waals surface area (Å²) in [4.78, 5) is 28.6. The highest BCUT2D eigenvalue weighted by Gasteiger charge is 2.34. The van der Waals surface area contributed by atoms with Gasteiger partial charge in [0.15, 0.2) is 0 Å². The molecule has 2 amide bonds. The van der Waals surface area contributed by atoms with Crippen molar-refractivity contribution < 1.29 is 18.0 Å². The lowest BCUT2D eigenvalue weighted by Gasteiger charge is -2.33. The first-order valence-electron chi connectivity index (χ1n) is 12.7.